The molecule has 0 atom stereocenters. The van der Waals surface area contributed by atoms with E-state index in [4.69, 9.17) is 9.47 Å². The number of nitrogens with one attached hydrogen (secondary N) is 1. The molecule has 4 rings (SSSR count). The van der Waals surface area contributed by atoms with E-state index < -0.39 is 11.0 Å². The molecule has 1 aliphatic carbocycles. The molecule has 0 aromatic heterocycles. The van der Waals surface area contributed by atoms with Gasteiger partial charge in [0.1, 0.15) is 6.61 Å². The monoisotopic (exact) mass is 430 g/mol. The van der Waals surface area contributed by atoms with Crippen molar-refractivity contribution in [1.29, 1.82) is 0 Å². The van der Waals surface area contributed by atoms with E-state index in [2.05, 4.69) is 29.6 Å². The van der Waals surface area contributed by atoms with E-state index in [0.29, 0.717) is 5.56 Å². The molecule has 0 unspecified atom stereocenters. The SMILES string of the molecule is COc1ccc(C=CCNC(=O)OCC2c3ccccc3-c3ccccc32)cc1[N+](=O)[O-]. The third kappa shape index (κ3) is 4.32. The van der Waals surface area contributed by atoms with Gasteiger partial charge in [0.2, 0.25) is 0 Å². The van der Waals surface area contributed by atoms with Crippen molar-refractivity contribution in [2.45, 2.75) is 5.92 Å². The van der Waals surface area contributed by atoms with Gasteiger partial charge in [-0.3, -0.25) is 10.1 Å². The van der Waals surface area contributed by atoms with Gasteiger partial charge >= 0.3 is 11.8 Å². The smallest absolute Gasteiger partial charge is 0.407 e. The fourth-order valence-corrected chi connectivity index (χ4v) is 3.94. The molecule has 0 fully saturated rings. The van der Waals surface area contributed by atoms with Crippen LogP contribution in [0.3, 0.4) is 0 Å². The molecule has 1 amide bonds. The number of nitrogens with zero attached hydrogens (tertiary/aromatic N) is 1. The van der Waals surface area contributed by atoms with Crippen LogP contribution in [0.5, 0.6) is 5.75 Å². The van der Waals surface area contributed by atoms with Gasteiger partial charge in [-0.05, 0) is 33.9 Å². The zero-order valence-corrected chi connectivity index (χ0v) is 17.5. The highest BCUT2D eigenvalue weighted by atomic mass is 16.6. The van der Waals surface area contributed by atoms with E-state index >= 15 is 0 Å². The first-order valence-electron chi connectivity index (χ1n) is 10.2. The Hall–Kier alpha value is -4.13. The predicted octanol–water partition coefficient (Wildman–Crippen LogP) is 5.16. The molecule has 3 aromatic carbocycles. The van der Waals surface area contributed by atoms with Gasteiger partial charge in [0.25, 0.3) is 0 Å². The largest absolute Gasteiger partial charge is 0.490 e. The number of carbonyl (C=O) groups is 1. The number of alkyl carbamates (subject to hydrolysis) is 1. The summed E-state index contributed by atoms with van der Waals surface area (Å²) in [4.78, 5) is 22.8. The Morgan fingerprint density at radius 3 is 2.34 bits per heavy atom. The average molecular weight is 430 g/mol. The van der Waals surface area contributed by atoms with E-state index in [9.17, 15) is 14.9 Å². The summed E-state index contributed by atoms with van der Waals surface area (Å²) in [5.74, 6) is 0.201. The maximum Gasteiger partial charge on any atom is 0.407 e. The van der Waals surface area contributed by atoms with Crippen LogP contribution < -0.4 is 10.1 Å². The van der Waals surface area contributed by atoms with Crippen LogP contribution in [0.15, 0.2) is 72.8 Å². The Balaban J connectivity index is 1.33. The van der Waals surface area contributed by atoms with Crippen molar-refractivity contribution in [2.75, 3.05) is 20.3 Å². The Morgan fingerprint density at radius 1 is 1.06 bits per heavy atom. The summed E-state index contributed by atoms with van der Waals surface area (Å²) in [5.41, 5.74) is 5.18. The van der Waals surface area contributed by atoms with Gasteiger partial charge in [0, 0.05) is 18.5 Å². The third-order valence-corrected chi connectivity index (χ3v) is 5.42. The minimum atomic E-state index is -0.516. The average Bonchev–Trinajstić information content (AvgIpc) is 3.14. The van der Waals surface area contributed by atoms with Crippen molar-refractivity contribution in [1.82, 2.24) is 5.32 Å². The molecule has 0 spiro atoms. The number of hydrogen-bond donors (Lipinski definition) is 1. The number of amides is 1. The quantitative estimate of drug-likeness (QED) is 0.413. The van der Waals surface area contributed by atoms with E-state index in [-0.39, 0.29) is 30.5 Å². The van der Waals surface area contributed by atoms with Crippen LogP contribution in [-0.2, 0) is 4.74 Å². The highest BCUT2D eigenvalue weighted by Gasteiger charge is 2.28. The normalized spacial score (nSPS) is 12.3. The Labute approximate surface area is 185 Å². The number of rotatable bonds is 7. The third-order valence-electron chi connectivity index (χ3n) is 5.42. The molecular weight excluding hydrogens is 408 g/mol. The van der Waals surface area contributed by atoms with Crippen LogP contribution in [0.2, 0.25) is 0 Å². The molecule has 0 saturated heterocycles. The van der Waals surface area contributed by atoms with Gasteiger partial charge in [0.15, 0.2) is 5.75 Å². The zero-order valence-electron chi connectivity index (χ0n) is 17.5. The van der Waals surface area contributed by atoms with Crippen molar-refractivity contribution in [2.24, 2.45) is 0 Å². The maximum atomic E-state index is 12.2. The molecular formula is C25H22N2O5. The van der Waals surface area contributed by atoms with Crippen molar-refractivity contribution >= 4 is 17.9 Å². The van der Waals surface area contributed by atoms with Crippen LogP contribution in [-0.4, -0.2) is 31.3 Å². The van der Waals surface area contributed by atoms with Crippen LogP contribution in [0.25, 0.3) is 17.2 Å². The van der Waals surface area contributed by atoms with E-state index in [1.807, 2.05) is 24.3 Å². The highest BCUT2D eigenvalue weighted by molar-refractivity contribution is 5.79. The minimum Gasteiger partial charge on any atom is -0.490 e. The molecule has 162 valence electrons. The Kier molecular flexibility index (Phi) is 6.17. The van der Waals surface area contributed by atoms with Crippen LogP contribution >= 0.6 is 0 Å². The standard InChI is InChI=1S/C25H22N2O5/c1-31-24-13-12-17(15-23(24)27(29)30)7-6-14-26-25(28)32-16-22-20-10-4-2-8-18(20)19-9-3-5-11-21(19)22/h2-13,15,22H,14,16H2,1H3,(H,26,28). The number of fused-ring (bicyclic) bond motifs is 3. The fourth-order valence-electron chi connectivity index (χ4n) is 3.94. The van der Waals surface area contributed by atoms with Gasteiger partial charge in [-0.15, -0.1) is 0 Å². The number of hydrogen-bond acceptors (Lipinski definition) is 5. The first-order valence-corrected chi connectivity index (χ1v) is 10.2. The first-order chi connectivity index (χ1) is 15.6. The number of carbonyl (C=O) groups excluding carboxylic acids is 1. The number of nitro groups is 1. The van der Waals surface area contributed by atoms with Gasteiger partial charge in [-0.25, -0.2) is 4.79 Å². The molecule has 0 aliphatic heterocycles. The molecule has 0 heterocycles. The topological polar surface area (TPSA) is 90.7 Å². The van der Waals surface area contributed by atoms with Crippen LogP contribution in [0.1, 0.15) is 22.6 Å². The van der Waals surface area contributed by atoms with Crippen LogP contribution in [0.4, 0.5) is 10.5 Å². The highest BCUT2D eigenvalue weighted by Crippen LogP contribution is 2.44. The van der Waals surface area contributed by atoms with Gasteiger partial charge in [-0.2, -0.15) is 0 Å². The number of methoxy groups -OCH3 is 1. The number of nitro benzene ring substituents is 1. The molecule has 7 heteroatoms. The second-order valence-electron chi connectivity index (χ2n) is 7.30. The molecule has 0 bridgehead atoms. The van der Waals surface area contributed by atoms with Crippen molar-refractivity contribution < 1.29 is 19.2 Å². The van der Waals surface area contributed by atoms with Gasteiger partial charge in [-0.1, -0.05) is 66.7 Å². The lowest BCUT2D eigenvalue weighted by molar-refractivity contribution is -0.385. The Morgan fingerprint density at radius 2 is 1.72 bits per heavy atom. The maximum absolute atomic E-state index is 12.2. The number of ether oxygens (including phenoxy) is 2. The molecule has 32 heavy (non-hydrogen) atoms. The molecule has 1 N–H and O–H groups in total. The summed E-state index contributed by atoms with van der Waals surface area (Å²) in [5, 5.41) is 13.8. The first kappa shape index (κ1) is 21.1. The molecule has 3 aromatic rings. The van der Waals surface area contributed by atoms with Crippen molar-refractivity contribution in [3.8, 4) is 16.9 Å². The number of benzene rings is 3. The summed E-state index contributed by atoms with van der Waals surface area (Å²) in [6.07, 6.45) is 2.88. The van der Waals surface area contributed by atoms with Gasteiger partial charge < -0.3 is 14.8 Å². The summed E-state index contributed by atoms with van der Waals surface area (Å²) in [6, 6.07) is 21.0. The minimum absolute atomic E-state index is 0.00328. The zero-order chi connectivity index (χ0) is 22.5. The molecule has 0 saturated carbocycles. The fraction of sp³-hybridized carbons (Fsp3) is 0.160. The lowest BCUT2D eigenvalue weighted by Gasteiger charge is -2.14. The molecule has 0 radical (unpaired) electrons. The second kappa shape index (κ2) is 9.34. The second-order valence-corrected chi connectivity index (χ2v) is 7.30. The lowest BCUT2D eigenvalue weighted by atomic mass is 9.98. The summed E-state index contributed by atoms with van der Waals surface area (Å²) in [6.45, 7) is 0.477. The predicted molar refractivity (Wildman–Crippen MR) is 122 cm³/mol. The summed E-state index contributed by atoms with van der Waals surface area (Å²) < 4.78 is 10.5. The summed E-state index contributed by atoms with van der Waals surface area (Å²) in [7, 11) is 1.39. The lowest BCUT2D eigenvalue weighted by Crippen LogP contribution is -2.26. The van der Waals surface area contributed by atoms with Crippen LogP contribution in [0, 0.1) is 10.1 Å². The van der Waals surface area contributed by atoms with Crippen molar-refractivity contribution in [3.05, 3.63) is 99.6 Å². The molecule has 1 aliphatic rings. The molecule has 7 nitrogen and oxygen atoms in total. The van der Waals surface area contributed by atoms with E-state index in [1.54, 1.807) is 18.2 Å². The van der Waals surface area contributed by atoms with Gasteiger partial charge in [0.05, 0.1) is 12.0 Å². The Bertz CT molecular complexity index is 1140. The summed E-state index contributed by atoms with van der Waals surface area (Å²) >= 11 is 0. The van der Waals surface area contributed by atoms with Crippen molar-refractivity contribution in [3.63, 3.8) is 0 Å². The van der Waals surface area contributed by atoms with E-state index in [1.165, 1.54) is 30.4 Å². The van der Waals surface area contributed by atoms with E-state index in [0.717, 1.165) is 11.1 Å².